The van der Waals surface area contributed by atoms with Crippen LogP contribution in [0.5, 0.6) is 0 Å². The average Bonchev–Trinajstić information content (AvgIpc) is 3.13. The average molecular weight is 505 g/mol. The van der Waals surface area contributed by atoms with Crippen molar-refractivity contribution in [3.8, 4) is 0 Å². The molecule has 1 fully saturated rings. The molecular weight excluding hydrogens is 488 g/mol. The van der Waals surface area contributed by atoms with Gasteiger partial charge >= 0.3 is 5.97 Å². The van der Waals surface area contributed by atoms with Gasteiger partial charge < -0.3 is 10.1 Å². The number of ether oxygens (including phenoxy) is 1. The molecule has 3 rings (SSSR count). The van der Waals surface area contributed by atoms with E-state index in [0.29, 0.717) is 5.69 Å². The highest BCUT2D eigenvalue weighted by Crippen LogP contribution is 2.21. The van der Waals surface area contributed by atoms with Crippen molar-refractivity contribution in [2.45, 2.75) is 6.42 Å². The van der Waals surface area contributed by atoms with Crippen LogP contribution in [0.3, 0.4) is 0 Å². The molecule has 3 amide bonds. The summed E-state index contributed by atoms with van der Waals surface area (Å²) in [4.78, 5) is 59.1. The zero-order valence-electron chi connectivity index (χ0n) is 16.4. The van der Waals surface area contributed by atoms with Crippen molar-refractivity contribution in [3.05, 3.63) is 68.7 Å². The van der Waals surface area contributed by atoms with Gasteiger partial charge in [-0.15, -0.1) is 0 Å². The first-order valence-electron chi connectivity index (χ1n) is 9.31. The Kier molecular flexibility index (Phi) is 7.15. The molecule has 1 aliphatic rings. The van der Waals surface area contributed by atoms with E-state index < -0.39 is 46.8 Å². The number of rotatable bonds is 7. The molecule has 2 aromatic rings. The highest BCUT2D eigenvalue weighted by Gasteiger charge is 2.37. The largest absolute Gasteiger partial charge is 0.455 e. The zero-order valence-corrected chi connectivity index (χ0v) is 18.0. The molecule has 1 atom stereocenters. The van der Waals surface area contributed by atoms with E-state index >= 15 is 0 Å². The summed E-state index contributed by atoms with van der Waals surface area (Å²) in [5.74, 6) is -3.63. The van der Waals surface area contributed by atoms with Crippen LogP contribution in [0.25, 0.3) is 0 Å². The summed E-state index contributed by atoms with van der Waals surface area (Å²) in [6.45, 7) is -0.722. The molecule has 11 nitrogen and oxygen atoms in total. The summed E-state index contributed by atoms with van der Waals surface area (Å²) in [6, 6.07) is 12.1. The molecule has 1 heterocycles. The summed E-state index contributed by atoms with van der Waals surface area (Å²) < 4.78 is 5.82. The summed E-state index contributed by atoms with van der Waals surface area (Å²) in [6.07, 6.45) is -0.232. The van der Waals surface area contributed by atoms with E-state index in [0.717, 1.165) is 9.48 Å². The van der Waals surface area contributed by atoms with Crippen LogP contribution in [0.4, 0.5) is 11.4 Å². The van der Waals surface area contributed by atoms with E-state index in [2.05, 4.69) is 26.7 Å². The monoisotopic (exact) mass is 504 g/mol. The number of esters is 1. The standard InChI is InChI=1S/C20H17BrN4O7/c21-13-5-7-14(8-6-13)22-17(26)11-32-20(29)12-9-18(27)24(10-12)23-19(28)15-3-1-2-4-16(15)25(30)31/h1-8,12H,9-11H2,(H,22,26)(H,23,28)/t12-/m1/s1. The van der Waals surface area contributed by atoms with Crippen LogP contribution in [-0.4, -0.2) is 46.8 Å². The molecule has 0 aromatic heterocycles. The van der Waals surface area contributed by atoms with Crippen LogP contribution in [0.1, 0.15) is 16.8 Å². The molecule has 0 radical (unpaired) electrons. The van der Waals surface area contributed by atoms with Gasteiger partial charge in [-0.25, -0.2) is 0 Å². The number of hydrogen-bond acceptors (Lipinski definition) is 7. The number of para-hydroxylation sites is 1. The number of nitro groups is 1. The second-order valence-electron chi connectivity index (χ2n) is 6.78. The number of hydrazine groups is 1. The van der Waals surface area contributed by atoms with Crippen molar-refractivity contribution in [2.75, 3.05) is 18.5 Å². The summed E-state index contributed by atoms with van der Waals surface area (Å²) in [5.41, 5.74) is 2.17. The quantitative estimate of drug-likeness (QED) is 0.332. The Morgan fingerprint density at radius 2 is 1.84 bits per heavy atom. The molecule has 0 spiro atoms. The number of carbonyl (C=O) groups excluding carboxylic acids is 4. The first kappa shape index (κ1) is 22.9. The van der Waals surface area contributed by atoms with E-state index in [9.17, 15) is 29.3 Å². The van der Waals surface area contributed by atoms with Gasteiger partial charge in [0.2, 0.25) is 5.91 Å². The number of anilines is 1. The predicted octanol–water partition coefficient (Wildman–Crippen LogP) is 2.03. The minimum absolute atomic E-state index is 0.182. The first-order chi connectivity index (χ1) is 15.2. The van der Waals surface area contributed by atoms with Crippen LogP contribution in [-0.2, 0) is 19.1 Å². The molecule has 12 heteroatoms. The smallest absolute Gasteiger partial charge is 0.311 e. The number of halogens is 1. The molecule has 0 aliphatic carbocycles. The molecular formula is C20H17BrN4O7. The topological polar surface area (TPSA) is 148 Å². The van der Waals surface area contributed by atoms with Gasteiger partial charge in [-0.05, 0) is 30.3 Å². The lowest BCUT2D eigenvalue weighted by molar-refractivity contribution is -0.385. The minimum Gasteiger partial charge on any atom is -0.455 e. The van der Waals surface area contributed by atoms with E-state index in [1.165, 1.54) is 24.3 Å². The molecule has 2 N–H and O–H groups in total. The van der Waals surface area contributed by atoms with Crippen molar-refractivity contribution in [3.63, 3.8) is 0 Å². The van der Waals surface area contributed by atoms with Crippen molar-refractivity contribution in [1.29, 1.82) is 0 Å². The molecule has 1 saturated heterocycles. The van der Waals surface area contributed by atoms with Gasteiger partial charge in [-0.2, -0.15) is 0 Å². The van der Waals surface area contributed by atoms with E-state index in [-0.39, 0.29) is 18.5 Å². The van der Waals surface area contributed by atoms with Crippen molar-refractivity contribution < 1.29 is 28.8 Å². The number of benzene rings is 2. The zero-order chi connectivity index (χ0) is 23.3. The van der Waals surface area contributed by atoms with E-state index in [1.807, 2.05) is 0 Å². The third kappa shape index (κ3) is 5.66. The Hall–Kier alpha value is -3.80. The Bertz CT molecular complexity index is 1070. The van der Waals surface area contributed by atoms with Crippen molar-refractivity contribution in [1.82, 2.24) is 10.4 Å². The highest BCUT2D eigenvalue weighted by molar-refractivity contribution is 9.10. The lowest BCUT2D eigenvalue weighted by Crippen LogP contribution is -2.43. The number of carbonyl (C=O) groups is 4. The van der Waals surface area contributed by atoms with E-state index in [4.69, 9.17) is 4.74 Å². The molecule has 32 heavy (non-hydrogen) atoms. The van der Waals surface area contributed by atoms with Gasteiger partial charge in [0, 0.05) is 22.6 Å². The molecule has 1 aliphatic heterocycles. The highest BCUT2D eigenvalue weighted by atomic mass is 79.9. The second kappa shape index (κ2) is 10.0. The second-order valence-corrected chi connectivity index (χ2v) is 7.70. The molecule has 2 aromatic carbocycles. The van der Waals surface area contributed by atoms with Gasteiger partial charge in [0.15, 0.2) is 6.61 Å². The van der Waals surface area contributed by atoms with Gasteiger partial charge in [0.25, 0.3) is 17.5 Å². The van der Waals surface area contributed by atoms with E-state index in [1.54, 1.807) is 24.3 Å². The van der Waals surface area contributed by atoms with Gasteiger partial charge in [0.1, 0.15) is 5.56 Å². The van der Waals surface area contributed by atoms with Gasteiger partial charge in [0.05, 0.1) is 17.4 Å². The molecule has 166 valence electrons. The molecule has 0 saturated carbocycles. The fraction of sp³-hybridized carbons (Fsp3) is 0.200. The van der Waals surface area contributed by atoms with Crippen molar-refractivity contribution >= 4 is 51.0 Å². The fourth-order valence-corrected chi connectivity index (χ4v) is 3.23. The Balaban J connectivity index is 1.52. The van der Waals surface area contributed by atoms with Gasteiger partial charge in [-0.3, -0.25) is 39.7 Å². The number of hydrogen-bond donors (Lipinski definition) is 2. The normalized spacial score (nSPS) is 15.2. The van der Waals surface area contributed by atoms with Crippen LogP contribution >= 0.6 is 15.9 Å². The van der Waals surface area contributed by atoms with Crippen LogP contribution < -0.4 is 10.7 Å². The van der Waals surface area contributed by atoms with Crippen molar-refractivity contribution in [2.24, 2.45) is 5.92 Å². The summed E-state index contributed by atoms with van der Waals surface area (Å²) >= 11 is 3.28. The Morgan fingerprint density at radius 3 is 2.53 bits per heavy atom. The third-order valence-corrected chi connectivity index (χ3v) is 5.04. The maximum absolute atomic E-state index is 12.4. The molecule has 0 unspecified atom stereocenters. The number of amides is 3. The lowest BCUT2D eigenvalue weighted by atomic mass is 10.1. The number of nitrogens with one attached hydrogen (secondary N) is 2. The Labute approximate surface area is 190 Å². The SMILES string of the molecule is O=C(COC(=O)[C@@H]1CC(=O)N(NC(=O)c2ccccc2[N+](=O)[O-])C1)Nc1ccc(Br)cc1. The Morgan fingerprint density at radius 1 is 1.16 bits per heavy atom. The first-order valence-corrected chi connectivity index (χ1v) is 10.1. The number of nitro benzene ring substituents is 1. The lowest BCUT2D eigenvalue weighted by Gasteiger charge is -2.17. The van der Waals surface area contributed by atoms with Crippen LogP contribution in [0.15, 0.2) is 53.0 Å². The summed E-state index contributed by atoms with van der Waals surface area (Å²) in [7, 11) is 0. The summed E-state index contributed by atoms with van der Waals surface area (Å²) in [5, 5.41) is 14.5. The van der Waals surface area contributed by atoms with Crippen LogP contribution in [0, 0.1) is 16.0 Å². The fourth-order valence-electron chi connectivity index (χ4n) is 2.97. The van der Waals surface area contributed by atoms with Gasteiger partial charge in [-0.1, -0.05) is 28.1 Å². The predicted molar refractivity (Wildman–Crippen MR) is 114 cm³/mol. The minimum atomic E-state index is -0.894. The van der Waals surface area contributed by atoms with Crippen LogP contribution in [0.2, 0.25) is 0 Å². The maximum atomic E-state index is 12.4. The maximum Gasteiger partial charge on any atom is 0.311 e. The molecule has 0 bridgehead atoms. The third-order valence-electron chi connectivity index (χ3n) is 4.51. The number of nitrogens with zero attached hydrogens (tertiary/aromatic N) is 2.